The largest absolute Gasteiger partial charge is 0.417 e. The zero-order chi connectivity index (χ0) is 16.1. The molecule has 0 unspecified atom stereocenters. The normalized spacial score (nSPS) is 12.9. The summed E-state index contributed by atoms with van der Waals surface area (Å²) < 4.78 is 64.2. The number of alkyl halides is 3. The number of benzene rings is 1. The van der Waals surface area contributed by atoms with Gasteiger partial charge in [-0.2, -0.15) is 13.2 Å². The third kappa shape index (κ3) is 4.69. The topological polar surface area (TPSA) is 63.4 Å². The van der Waals surface area contributed by atoms with E-state index in [-0.39, 0.29) is 6.54 Å². The maximum Gasteiger partial charge on any atom is 0.417 e. The summed E-state index contributed by atoms with van der Waals surface area (Å²) in [5, 5.41) is 0. The number of nitrogens with zero attached hydrogens (tertiary/aromatic N) is 1. The summed E-state index contributed by atoms with van der Waals surface area (Å²) in [5.41, 5.74) is 4.19. The van der Waals surface area contributed by atoms with E-state index in [9.17, 15) is 21.6 Å². The first-order chi connectivity index (χ1) is 9.71. The Morgan fingerprint density at radius 2 is 1.76 bits per heavy atom. The zero-order valence-corrected chi connectivity index (χ0v) is 12.5. The number of hydrogen-bond donors (Lipinski definition) is 1. The molecule has 0 aliphatic heterocycles. The highest BCUT2D eigenvalue weighted by molar-refractivity contribution is 7.89. The number of hydrogen-bond acceptors (Lipinski definition) is 3. The van der Waals surface area contributed by atoms with Crippen LogP contribution in [0.4, 0.5) is 13.2 Å². The lowest BCUT2D eigenvalue weighted by Crippen LogP contribution is -2.30. The average molecular weight is 324 g/mol. The molecule has 21 heavy (non-hydrogen) atoms. The Balaban J connectivity index is 2.98. The third-order valence-electron chi connectivity index (χ3n) is 3.06. The fourth-order valence-corrected chi connectivity index (χ4v) is 3.29. The fraction of sp³-hybridized carbons (Fsp3) is 0.538. The molecule has 0 saturated heterocycles. The number of unbranched alkanes of at least 4 members (excludes halogenated alkanes) is 2. The van der Waals surface area contributed by atoms with Crippen molar-refractivity contribution in [2.45, 2.75) is 30.3 Å². The molecule has 0 aliphatic carbocycles. The van der Waals surface area contributed by atoms with E-state index < -0.39 is 26.7 Å². The van der Waals surface area contributed by atoms with Crippen LogP contribution < -0.4 is 5.73 Å². The van der Waals surface area contributed by atoms with Crippen molar-refractivity contribution in [2.24, 2.45) is 5.73 Å². The van der Waals surface area contributed by atoms with Crippen LogP contribution in [0.2, 0.25) is 0 Å². The molecule has 2 N–H and O–H groups in total. The van der Waals surface area contributed by atoms with Crippen LogP contribution in [0.1, 0.15) is 24.8 Å². The van der Waals surface area contributed by atoms with Gasteiger partial charge in [0.15, 0.2) is 0 Å². The second-order valence-corrected chi connectivity index (χ2v) is 6.68. The van der Waals surface area contributed by atoms with Gasteiger partial charge in [-0.15, -0.1) is 0 Å². The van der Waals surface area contributed by atoms with E-state index in [1.54, 1.807) is 0 Å². The van der Waals surface area contributed by atoms with E-state index >= 15 is 0 Å². The highest BCUT2D eigenvalue weighted by Crippen LogP contribution is 2.34. The van der Waals surface area contributed by atoms with E-state index in [2.05, 4.69) is 0 Å². The minimum atomic E-state index is -4.70. The minimum Gasteiger partial charge on any atom is -0.330 e. The number of sulfonamides is 1. The van der Waals surface area contributed by atoms with Gasteiger partial charge in [-0.05, 0) is 31.5 Å². The molecule has 0 radical (unpaired) electrons. The van der Waals surface area contributed by atoms with Crippen LogP contribution >= 0.6 is 0 Å². The lowest BCUT2D eigenvalue weighted by molar-refractivity contribution is -0.139. The van der Waals surface area contributed by atoms with Gasteiger partial charge in [-0.25, -0.2) is 12.7 Å². The van der Waals surface area contributed by atoms with Crippen LogP contribution in [0.25, 0.3) is 0 Å². The van der Waals surface area contributed by atoms with Crippen molar-refractivity contribution in [1.82, 2.24) is 4.31 Å². The maximum absolute atomic E-state index is 12.9. The SMILES string of the molecule is CN(CCCCCN)S(=O)(=O)c1ccccc1C(F)(F)F. The van der Waals surface area contributed by atoms with Crippen LogP contribution in [0.3, 0.4) is 0 Å². The van der Waals surface area contributed by atoms with Gasteiger partial charge >= 0.3 is 6.18 Å². The molecule has 0 amide bonds. The first-order valence-corrected chi connectivity index (χ1v) is 7.98. The summed E-state index contributed by atoms with van der Waals surface area (Å²) in [4.78, 5) is -0.709. The van der Waals surface area contributed by atoms with E-state index in [4.69, 9.17) is 5.73 Å². The molecule has 0 heterocycles. The molecule has 8 heteroatoms. The summed E-state index contributed by atoms with van der Waals surface area (Å²) in [7, 11) is -2.88. The molecule has 0 saturated carbocycles. The monoisotopic (exact) mass is 324 g/mol. The molecule has 0 bridgehead atoms. The Hall–Kier alpha value is -1.12. The summed E-state index contributed by atoms with van der Waals surface area (Å²) >= 11 is 0. The summed E-state index contributed by atoms with van der Waals surface area (Å²) in [6.07, 6.45) is -2.66. The molecular weight excluding hydrogens is 305 g/mol. The zero-order valence-electron chi connectivity index (χ0n) is 11.7. The number of halogens is 3. The van der Waals surface area contributed by atoms with Crippen molar-refractivity contribution in [3.63, 3.8) is 0 Å². The molecule has 0 aliphatic rings. The van der Waals surface area contributed by atoms with Crippen molar-refractivity contribution in [3.8, 4) is 0 Å². The van der Waals surface area contributed by atoms with Gasteiger partial charge in [0.25, 0.3) is 0 Å². The average Bonchev–Trinajstić information content (AvgIpc) is 2.42. The molecule has 0 atom stereocenters. The van der Waals surface area contributed by atoms with Crippen LogP contribution in [-0.2, 0) is 16.2 Å². The predicted octanol–water partition coefficient (Wildman–Crippen LogP) is 2.45. The van der Waals surface area contributed by atoms with Crippen LogP contribution in [0.5, 0.6) is 0 Å². The van der Waals surface area contributed by atoms with Crippen molar-refractivity contribution >= 4 is 10.0 Å². The summed E-state index contributed by atoms with van der Waals surface area (Å²) in [6.45, 7) is 0.669. The maximum atomic E-state index is 12.9. The van der Waals surface area contributed by atoms with Gasteiger partial charge < -0.3 is 5.73 Å². The highest BCUT2D eigenvalue weighted by Gasteiger charge is 2.37. The Labute approximate surface area is 122 Å². The smallest absolute Gasteiger partial charge is 0.330 e. The third-order valence-corrected chi connectivity index (χ3v) is 4.97. The molecule has 0 spiro atoms. The van der Waals surface area contributed by atoms with Gasteiger partial charge in [0.2, 0.25) is 10.0 Å². The quantitative estimate of drug-likeness (QED) is 0.784. The Morgan fingerprint density at radius 1 is 1.14 bits per heavy atom. The highest BCUT2D eigenvalue weighted by atomic mass is 32.2. The van der Waals surface area contributed by atoms with Crippen molar-refractivity contribution < 1.29 is 21.6 Å². The molecule has 1 aromatic carbocycles. The molecule has 4 nitrogen and oxygen atoms in total. The number of rotatable bonds is 7. The second-order valence-electron chi connectivity index (χ2n) is 4.67. The van der Waals surface area contributed by atoms with Gasteiger partial charge in [0.05, 0.1) is 10.5 Å². The first-order valence-electron chi connectivity index (χ1n) is 6.54. The standard InChI is InChI=1S/C13H19F3N2O2S/c1-18(10-6-2-5-9-17)21(19,20)12-8-4-3-7-11(12)13(14,15)16/h3-4,7-8H,2,5-6,9-10,17H2,1H3. The molecule has 0 aromatic heterocycles. The van der Waals surface area contributed by atoms with Gasteiger partial charge in [0, 0.05) is 13.6 Å². The molecule has 120 valence electrons. The van der Waals surface area contributed by atoms with Crippen LogP contribution in [0, 0.1) is 0 Å². The van der Waals surface area contributed by atoms with E-state index in [0.717, 1.165) is 29.3 Å². The van der Waals surface area contributed by atoms with Gasteiger partial charge in [0.1, 0.15) is 0 Å². The van der Waals surface area contributed by atoms with E-state index in [1.807, 2.05) is 0 Å². The van der Waals surface area contributed by atoms with Gasteiger partial charge in [-0.1, -0.05) is 18.6 Å². The molecule has 1 rings (SSSR count). The van der Waals surface area contributed by atoms with E-state index in [0.29, 0.717) is 13.0 Å². The molecular formula is C13H19F3N2O2S. The summed E-state index contributed by atoms with van der Waals surface area (Å²) in [5.74, 6) is 0. The van der Waals surface area contributed by atoms with Crippen molar-refractivity contribution in [2.75, 3.05) is 20.1 Å². The molecule has 1 aromatic rings. The van der Waals surface area contributed by atoms with Crippen molar-refractivity contribution in [3.05, 3.63) is 29.8 Å². The Bertz CT molecular complexity index is 559. The summed E-state index contributed by atoms with van der Waals surface area (Å²) in [6, 6.07) is 4.21. The Kier molecular flexibility index (Phi) is 6.18. The lowest BCUT2D eigenvalue weighted by atomic mass is 10.2. The lowest BCUT2D eigenvalue weighted by Gasteiger charge is -2.20. The molecule has 0 fully saturated rings. The van der Waals surface area contributed by atoms with Crippen LogP contribution in [0.15, 0.2) is 29.2 Å². The number of nitrogens with two attached hydrogens (primary N) is 1. The second kappa shape index (κ2) is 7.24. The Morgan fingerprint density at radius 3 is 2.33 bits per heavy atom. The first kappa shape index (κ1) is 17.9. The predicted molar refractivity (Wildman–Crippen MR) is 74.2 cm³/mol. The minimum absolute atomic E-state index is 0.161. The van der Waals surface area contributed by atoms with Gasteiger partial charge in [-0.3, -0.25) is 0 Å². The van der Waals surface area contributed by atoms with E-state index in [1.165, 1.54) is 19.2 Å². The fourth-order valence-electron chi connectivity index (χ4n) is 1.87. The van der Waals surface area contributed by atoms with Crippen LogP contribution in [-0.4, -0.2) is 32.9 Å². The van der Waals surface area contributed by atoms with Crippen molar-refractivity contribution in [1.29, 1.82) is 0 Å².